The Hall–Kier alpha value is -1.14. The van der Waals surface area contributed by atoms with Crippen molar-refractivity contribution in [1.29, 1.82) is 0 Å². The largest absolute Gasteiger partial charge is 0.465 e. The summed E-state index contributed by atoms with van der Waals surface area (Å²) in [6.07, 6.45) is 0.200. The van der Waals surface area contributed by atoms with Gasteiger partial charge < -0.3 is 15.5 Å². The number of aliphatic hydroxyl groups is 1. The number of nitrogens with zero attached hydrogens (tertiary/aromatic N) is 1. The molecule has 0 radical (unpaired) electrons. The molecule has 0 bridgehead atoms. The van der Waals surface area contributed by atoms with E-state index in [9.17, 15) is 9.90 Å². The lowest BCUT2D eigenvalue weighted by molar-refractivity contribution is 0.162. The molecule has 1 amide bonds. The Morgan fingerprint density at radius 1 is 1.77 bits per heavy atom. The fourth-order valence-electron chi connectivity index (χ4n) is 0.838. The van der Waals surface area contributed by atoms with Gasteiger partial charge in [0.2, 0.25) is 0 Å². The highest BCUT2D eigenvalue weighted by Crippen LogP contribution is 2.17. The standard InChI is InChI=1S/C7H10N2O3S/c10-5(1-2-9-7(11)12)6-8-3-4-13-6/h3-5,9-10H,1-2H2,(H,11,12)/t5-/m0/s1. The molecule has 0 aliphatic carbocycles. The summed E-state index contributed by atoms with van der Waals surface area (Å²) < 4.78 is 0. The van der Waals surface area contributed by atoms with Crippen LogP contribution in [0.25, 0.3) is 0 Å². The quantitative estimate of drug-likeness (QED) is 0.675. The first-order valence-corrected chi connectivity index (χ1v) is 4.62. The second kappa shape index (κ2) is 4.78. The zero-order valence-electron chi connectivity index (χ0n) is 6.80. The molecule has 1 rings (SSSR count). The summed E-state index contributed by atoms with van der Waals surface area (Å²) in [6, 6.07) is 0. The molecular formula is C7H10N2O3S. The molecule has 6 heteroatoms. The van der Waals surface area contributed by atoms with Crippen molar-refractivity contribution in [2.45, 2.75) is 12.5 Å². The van der Waals surface area contributed by atoms with Crippen LogP contribution >= 0.6 is 11.3 Å². The Kier molecular flexibility index (Phi) is 3.66. The number of carbonyl (C=O) groups is 1. The predicted molar refractivity (Wildman–Crippen MR) is 47.7 cm³/mol. The number of hydrogen-bond acceptors (Lipinski definition) is 4. The molecule has 1 heterocycles. The third kappa shape index (κ3) is 3.39. The van der Waals surface area contributed by atoms with E-state index in [2.05, 4.69) is 10.3 Å². The first kappa shape index (κ1) is 9.94. The molecule has 1 aromatic heterocycles. The molecule has 0 spiro atoms. The van der Waals surface area contributed by atoms with E-state index in [4.69, 9.17) is 5.11 Å². The smallest absolute Gasteiger partial charge is 0.404 e. The van der Waals surface area contributed by atoms with Gasteiger partial charge in [-0.2, -0.15) is 0 Å². The Morgan fingerprint density at radius 3 is 3.08 bits per heavy atom. The van der Waals surface area contributed by atoms with E-state index in [0.29, 0.717) is 11.4 Å². The summed E-state index contributed by atoms with van der Waals surface area (Å²) in [7, 11) is 0. The SMILES string of the molecule is O=C(O)NCC[C@H](O)c1nccs1. The zero-order chi connectivity index (χ0) is 9.68. The van der Waals surface area contributed by atoms with Crippen molar-refractivity contribution in [3.63, 3.8) is 0 Å². The minimum atomic E-state index is -1.08. The minimum absolute atomic E-state index is 0.232. The molecule has 0 aliphatic heterocycles. The number of carboxylic acid groups (broad SMARTS) is 1. The van der Waals surface area contributed by atoms with Crippen molar-refractivity contribution in [2.75, 3.05) is 6.54 Å². The van der Waals surface area contributed by atoms with E-state index in [-0.39, 0.29) is 6.54 Å². The van der Waals surface area contributed by atoms with Crippen molar-refractivity contribution in [2.24, 2.45) is 0 Å². The Labute approximate surface area is 79.1 Å². The van der Waals surface area contributed by atoms with Crippen molar-refractivity contribution in [1.82, 2.24) is 10.3 Å². The first-order chi connectivity index (χ1) is 6.20. The molecule has 0 fully saturated rings. The van der Waals surface area contributed by atoms with Gasteiger partial charge in [-0.15, -0.1) is 11.3 Å². The molecule has 1 atom stereocenters. The van der Waals surface area contributed by atoms with E-state index in [0.717, 1.165) is 0 Å². The summed E-state index contributed by atoms with van der Waals surface area (Å²) in [5.74, 6) is 0. The number of thiazole rings is 1. The van der Waals surface area contributed by atoms with Gasteiger partial charge in [-0.05, 0) is 6.42 Å². The molecule has 5 nitrogen and oxygen atoms in total. The monoisotopic (exact) mass is 202 g/mol. The van der Waals surface area contributed by atoms with Crippen LogP contribution in [0.4, 0.5) is 4.79 Å². The number of hydrogen-bond donors (Lipinski definition) is 3. The van der Waals surface area contributed by atoms with Gasteiger partial charge >= 0.3 is 6.09 Å². The topological polar surface area (TPSA) is 82.5 Å². The van der Waals surface area contributed by atoms with Gasteiger partial charge in [-0.1, -0.05) is 0 Å². The lowest BCUT2D eigenvalue weighted by Crippen LogP contribution is -2.23. The maximum Gasteiger partial charge on any atom is 0.404 e. The van der Waals surface area contributed by atoms with Gasteiger partial charge in [-0.25, -0.2) is 9.78 Å². The van der Waals surface area contributed by atoms with Crippen LogP contribution < -0.4 is 5.32 Å². The molecule has 0 aliphatic rings. The summed E-state index contributed by atoms with van der Waals surface area (Å²) in [5.41, 5.74) is 0. The van der Waals surface area contributed by atoms with Crippen molar-refractivity contribution < 1.29 is 15.0 Å². The van der Waals surface area contributed by atoms with Crippen LogP contribution in [-0.2, 0) is 0 Å². The molecule has 0 saturated heterocycles. The molecule has 1 aromatic rings. The van der Waals surface area contributed by atoms with E-state index < -0.39 is 12.2 Å². The van der Waals surface area contributed by atoms with Crippen LogP contribution in [0.1, 0.15) is 17.5 Å². The lowest BCUT2D eigenvalue weighted by atomic mass is 10.2. The maximum atomic E-state index is 10.1. The number of aliphatic hydroxyl groups excluding tert-OH is 1. The van der Waals surface area contributed by atoms with Crippen LogP contribution in [0.3, 0.4) is 0 Å². The fraction of sp³-hybridized carbons (Fsp3) is 0.429. The Morgan fingerprint density at radius 2 is 2.54 bits per heavy atom. The summed E-state index contributed by atoms with van der Waals surface area (Å²) in [4.78, 5) is 14.0. The summed E-state index contributed by atoms with van der Waals surface area (Å²) in [5, 5.41) is 22.2. The third-order valence-corrected chi connectivity index (χ3v) is 2.31. The second-order valence-electron chi connectivity index (χ2n) is 2.41. The van der Waals surface area contributed by atoms with Gasteiger partial charge in [0, 0.05) is 18.1 Å². The van der Waals surface area contributed by atoms with Gasteiger partial charge in [0.05, 0.1) is 0 Å². The highest BCUT2D eigenvalue weighted by molar-refractivity contribution is 7.09. The van der Waals surface area contributed by atoms with E-state index in [1.807, 2.05) is 0 Å². The minimum Gasteiger partial charge on any atom is -0.465 e. The van der Waals surface area contributed by atoms with E-state index in [1.165, 1.54) is 11.3 Å². The van der Waals surface area contributed by atoms with E-state index >= 15 is 0 Å². The average Bonchev–Trinajstić information content (AvgIpc) is 2.55. The van der Waals surface area contributed by atoms with Gasteiger partial charge in [0.1, 0.15) is 11.1 Å². The molecule has 3 N–H and O–H groups in total. The third-order valence-electron chi connectivity index (χ3n) is 1.43. The van der Waals surface area contributed by atoms with Crippen molar-refractivity contribution in [3.8, 4) is 0 Å². The lowest BCUT2D eigenvalue weighted by Gasteiger charge is -2.06. The highest BCUT2D eigenvalue weighted by Gasteiger charge is 2.09. The molecule has 0 saturated carbocycles. The molecule has 0 unspecified atom stereocenters. The fourth-order valence-corrected chi connectivity index (χ4v) is 1.50. The molecule has 13 heavy (non-hydrogen) atoms. The van der Waals surface area contributed by atoms with Gasteiger partial charge in [0.25, 0.3) is 0 Å². The summed E-state index contributed by atoms with van der Waals surface area (Å²) >= 11 is 1.35. The van der Waals surface area contributed by atoms with Crippen LogP contribution in [0.2, 0.25) is 0 Å². The van der Waals surface area contributed by atoms with Crippen LogP contribution in [0.15, 0.2) is 11.6 Å². The second-order valence-corrected chi connectivity index (χ2v) is 3.33. The normalized spacial score (nSPS) is 12.4. The number of rotatable bonds is 4. The maximum absolute atomic E-state index is 10.1. The van der Waals surface area contributed by atoms with Crippen LogP contribution in [0, 0.1) is 0 Å². The zero-order valence-corrected chi connectivity index (χ0v) is 7.62. The van der Waals surface area contributed by atoms with Gasteiger partial charge in [0.15, 0.2) is 0 Å². The highest BCUT2D eigenvalue weighted by atomic mass is 32.1. The Balaban J connectivity index is 2.26. The molecular weight excluding hydrogens is 192 g/mol. The van der Waals surface area contributed by atoms with Crippen LogP contribution in [0.5, 0.6) is 0 Å². The average molecular weight is 202 g/mol. The van der Waals surface area contributed by atoms with Crippen molar-refractivity contribution in [3.05, 3.63) is 16.6 Å². The van der Waals surface area contributed by atoms with E-state index in [1.54, 1.807) is 11.6 Å². The first-order valence-electron chi connectivity index (χ1n) is 3.74. The molecule has 0 aromatic carbocycles. The van der Waals surface area contributed by atoms with Crippen molar-refractivity contribution >= 4 is 17.4 Å². The van der Waals surface area contributed by atoms with Crippen LogP contribution in [-0.4, -0.2) is 27.8 Å². The predicted octanol–water partition coefficient (Wildman–Crippen LogP) is 0.834. The number of nitrogens with one attached hydrogen (secondary N) is 1. The van der Waals surface area contributed by atoms with Gasteiger partial charge in [-0.3, -0.25) is 0 Å². The Bertz CT molecular complexity index is 263. The number of aromatic nitrogens is 1. The molecule has 72 valence electrons. The number of amides is 1. The summed E-state index contributed by atoms with van der Waals surface area (Å²) in [6.45, 7) is 0.232.